The zero-order valence-electron chi connectivity index (χ0n) is 8.69. The summed E-state index contributed by atoms with van der Waals surface area (Å²) in [5.74, 6) is -0.112. The Bertz CT molecular complexity index is 246. The lowest BCUT2D eigenvalue weighted by molar-refractivity contribution is -0.165. The normalized spacial score (nSPS) is 34.1. The fourth-order valence-corrected chi connectivity index (χ4v) is 2.37. The molecule has 0 aromatic heterocycles. The molecule has 2 unspecified atom stereocenters. The average Bonchev–Trinajstić information content (AvgIpc) is 2.30. The van der Waals surface area contributed by atoms with Gasteiger partial charge in [-0.25, -0.2) is 0 Å². The highest BCUT2D eigenvalue weighted by Crippen LogP contribution is 2.35. The third-order valence-electron chi connectivity index (χ3n) is 3.21. The number of carbonyl (C=O) groups is 1. The Balaban J connectivity index is 2.02. The van der Waals surface area contributed by atoms with Crippen LogP contribution in [0.5, 0.6) is 0 Å². The second-order valence-corrected chi connectivity index (χ2v) is 4.61. The maximum Gasteiger partial charge on any atom is 0.310 e. The Labute approximate surface area is 83.8 Å². The molecule has 0 bridgehead atoms. The van der Waals surface area contributed by atoms with Gasteiger partial charge < -0.3 is 9.84 Å². The zero-order valence-corrected chi connectivity index (χ0v) is 8.69. The van der Waals surface area contributed by atoms with Gasteiger partial charge in [0.2, 0.25) is 0 Å². The molecule has 2 heterocycles. The number of rotatable bonds is 2. The first-order valence-electron chi connectivity index (χ1n) is 5.16. The molecule has 0 radical (unpaired) electrons. The number of aliphatic hydroxyl groups is 1. The van der Waals surface area contributed by atoms with Crippen molar-refractivity contribution in [3.05, 3.63) is 0 Å². The number of hydrogen-bond acceptors (Lipinski definition) is 4. The van der Waals surface area contributed by atoms with Gasteiger partial charge in [-0.2, -0.15) is 0 Å². The molecule has 1 N–H and O–H groups in total. The summed E-state index contributed by atoms with van der Waals surface area (Å²) >= 11 is 0. The Morgan fingerprint density at radius 1 is 1.50 bits per heavy atom. The van der Waals surface area contributed by atoms with Crippen LogP contribution in [0.1, 0.15) is 26.7 Å². The van der Waals surface area contributed by atoms with Crippen LogP contribution in [0.25, 0.3) is 0 Å². The third-order valence-corrected chi connectivity index (χ3v) is 3.21. The van der Waals surface area contributed by atoms with E-state index in [1.54, 1.807) is 13.8 Å². The molecule has 14 heavy (non-hydrogen) atoms. The molecule has 4 nitrogen and oxygen atoms in total. The van der Waals surface area contributed by atoms with Crippen LogP contribution in [0, 0.1) is 5.92 Å². The van der Waals surface area contributed by atoms with Crippen LogP contribution >= 0.6 is 0 Å². The molecule has 4 heteroatoms. The fraction of sp³-hybridized carbons (Fsp3) is 0.900. The van der Waals surface area contributed by atoms with E-state index in [2.05, 4.69) is 0 Å². The van der Waals surface area contributed by atoms with Crippen LogP contribution in [-0.2, 0) is 9.53 Å². The smallest absolute Gasteiger partial charge is 0.310 e. The van der Waals surface area contributed by atoms with Crippen molar-refractivity contribution in [2.24, 2.45) is 5.92 Å². The molecule has 2 atom stereocenters. The largest absolute Gasteiger partial charge is 0.465 e. The number of nitrogens with zero attached hydrogens (tertiary/aromatic N) is 1. The summed E-state index contributed by atoms with van der Waals surface area (Å²) in [6.45, 7) is 4.94. The second-order valence-electron chi connectivity index (χ2n) is 4.61. The van der Waals surface area contributed by atoms with Gasteiger partial charge in [-0.1, -0.05) is 0 Å². The first-order valence-corrected chi connectivity index (χ1v) is 5.16. The molecule has 2 saturated heterocycles. The molecular formula is C10H17NO3. The minimum Gasteiger partial charge on any atom is -0.465 e. The molecule has 0 saturated carbocycles. The van der Waals surface area contributed by atoms with Gasteiger partial charge in [0.15, 0.2) is 0 Å². The Morgan fingerprint density at radius 3 is 2.57 bits per heavy atom. The first kappa shape index (κ1) is 9.93. The second kappa shape index (κ2) is 3.21. The van der Waals surface area contributed by atoms with E-state index in [0.717, 1.165) is 19.4 Å². The third kappa shape index (κ3) is 1.53. The number of hydrogen-bond donors (Lipinski definition) is 1. The predicted octanol–water partition coefficient (Wildman–Crippen LogP) is 0.352. The van der Waals surface area contributed by atoms with Crippen LogP contribution in [-0.4, -0.2) is 40.9 Å². The summed E-state index contributed by atoms with van der Waals surface area (Å²) in [4.78, 5) is 13.3. The maximum absolute atomic E-state index is 11.4. The number of likely N-dealkylation sites (tertiary alicyclic amines) is 1. The van der Waals surface area contributed by atoms with E-state index in [-0.39, 0.29) is 17.9 Å². The van der Waals surface area contributed by atoms with E-state index in [4.69, 9.17) is 4.74 Å². The van der Waals surface area contributed by atoms with Gasteiger partial charge in [0.25, 0.3) is 0 Å². The highest BCUT2D eigenvalue weighted by atomic mass is 16.5. The molecular weight excluding hydrogens is 182 g/mol. The highest BCUT2D eigenvalue weighted by molar-refractivity contribution is 5.75. The first-order chi connectivity index (χ1) is 6.50. The minimum absolute atomic E-state index is 0.0184. The lowest BCUT2D eigenvalue weighted by Gasteiger charge is -2.49. The van der Waals surface area contributed by atoms with Crippen molar-refractivity contribution in [1.29, 1.82) is 0 Å². The van der Waals surface area contributed by atoms with Crippen molar-refractivity contribution < 1.29 is 14.6 Å². The van der Waals surface area contributed by atoms with E-state index in [1.165, 1.54) is 0 Å². The van der Waals surface area contributed by atoms with Crippen LogP contribution in [0.2, 0.25) is 0 Å². The van der Waals surface area contributed by atoms with Crippen LogP contribution in [0.3, 0.4) is 0 Å². The zero-order chi connectivity index (χ0) is 10.3. The molecule has 0 aliphatic carbocycles. The number of carbonyl (C=O) groups excluding carboxylic acids is 1. The van der Waals surface area contributed by atoms with Crippen molar-refractivity contribution in [3.63, 3.8) is 0 Å². The van der Waals surface area contributed by atoms with Gasteiger partial charge in [0.05, 0.1) is 12.5 Å². The van der Waals surface area contributed by atoms with E-state index in [9.17, 15) is 9.90 Å². The molecule has 2 rings (SSSR count). The van der Waals surface area contributed by atoms with Crippen LogP contribution < -0.4 is 0 Å². The lowest BCUT2D eigenvalue weighted by Crippen LogP contribution is -2.61. The molecule has 2 aliphatic rings. The molecule has 0 spiro atoms. The minimum atomic E-state index is -0.814. The average molecular weight is 199 g/mol. The summed E-state index contributed by atoms with van der Waals surface area (Å²) in [6.07, 6.45) is 1.79. The summed E-state index contributed by atoms with van der Waals surface area (Å²) in [5.41, 5.74) is -0.814. The monoisotopic (exact) mass is 199 g/mol. The predicted molar refractivity (Wildman–Crippen MR) is 50.5 cm³/mol. The molecule has 2 fully saturated rings. The van der Waals surface area contributed by atoms with Crippen LogP contribution in [0.4, 0.5) is 0 Å². The van der Waals surface area contributed by atoms with Gasteiger partial charge in [0.1, 0.15) is 5.72 Å². The van der Waals surface area contributed by atoms with Crippen molar-refractivity contribution in [1.82, 2.24) is 4.90 Å². The summed E-state index contributed by atoms with van der Waals surface area (Å²) < 4.78 is 4.94. The maximum atomic E-state index is 11.4. The SMILES string of the molecule is CC(C)(O)N1CCC1C1CCOC1=O. The van der Waals surface area contributed by atoms with Gasteiger partial charge in [-0.15, -0.1) is 0 Å². The molecule has 80 valence electrons. The fourth-order valence-electron chi connectivity index (χ4n) is 2.37. The number of esters is 1. The van der Waals surface area contributed by atoms with Crippen LogP contribution in [0.15, 0.2) is 0 Å². The Kier molecular flexibility index (Phi) is 2.27. The van der Waals surface area contributed by atoms with Crippen molar-refractivity contribution in [2.75, 3.05) is 13.2 Å². The molecule has 0 aromatic rings. The molecule has 0 amide bonds. The standard InChI is InChI=1S/C10H17NO3/c1-10(2,13)11-5-3-8(11)7-4-6-14-9(7)12/h7-8,13H,3-6H2,1-2H3. The van der Waals surface area contributed by atoms with E-state index < -0.39 is 5.72 Å². The highest BCUT2D eigenvalue weighted by Gasteiger charge is 2.46. The van der Waals surface area contributed by atoms with E-state index >= 15 is 0 Å². The summed E-state index contributed by atoms with van der Waals surface area (Å²) in [5, 5.41) is 9.83. The van der Waals surface area contributed by atoms with Crippen molar-refractivity contribution >= 4 is 5.97 Å². The Morgan fingerprint density at radius 2 is 2.21 bits per heavy atom. The molecule has 2 aliphatic heterocycles. The van der Waals surface area contributed by atoms with Gasteiger partial charge in [-0.3, -0.25) is 9.69 Å². The number of cyclic esters (lactones) is 1. The van der Waals surface area contributed by atoms with Crippen molar-refractivity contribution in [3.8, 4) is 0 Å². The van der Waals surface area contributed by atoms with E-state index in [1.807, 2.05) is 4.90 Å². The van der Waals surface area contributed by atoms with E-state index in [0.29, 0.717) is 6.61 Å². The summed E-state index contributed by atoms with van der Waals surface area (Å²) in [6, 6.07) is 0.185. The lowest BCUT2D eigenvalue weighted by atomic mass is 9.86. The Hall–Kier alpha value is -0.610. The van der Waals surface area contributed by atoms with Gasteiger partial charge in [0, 0.05) is 12.6 Å². The van der Waals surface area contributed by atoms with Gasteiger partial charge >= 0.3 is 5.97 Å². The van der Waals surface area contributed by atoms with Gasteiger partial charge in [-0.05, 0) is 26.7 Å². The van der Waals surface area contributed by atoms with Crippen molar-refractivity contribution in [2.45, 2.75) is 38.5 Å². The quantitative estimate of drug-likeness (QED) is 0.652. The topological polar surface area (TPSA) is 49.8 Å². The molecule has 0 aromatic carbocycles. The summed E-state index contributed by atoms with van der Waals surface area (Å²) in [7, 11) is 0. The number of ether oxygens (including phenoxy) is 1.